The highest BCUT2D eigenvalue weighted by molar-refractivity contribution is 6.05. The van der Waals surface area contributed by atoms with E-state index in [1.54, 1.807) is 0 Å². The molecule has 0 aliphatic carbocycles. The zero-order valence-corrected chi connectivity index (χ0v) is 13.9. The van der Waals surface area contributed by atoms with E-state index in [4.69, 9.17) is 9.47 Å². The fourth-order valence-corrected chi connectivity index (χ4v) is 2.47. The smallest absolute Gasteiger partial charge is 0.255 e. The molecule has 0 radical (unpaired) electrons. The Kier molecular flexibility index (Phi) is 4.61. The molecule has 0 unspecified atom stereocenters. The van der Waals surface area contributed by atoms with Gasteiger partial charge in [0.1, 0.15) is 0 Å². The maximum atomic E-state index is 12.5. The number of hydrogen-bond donors (Lipinski definition) is 3. The van der Waals surface area contributed by atoms with Crippen LogP contribution in [0.15, 0.2) is 54.7 Å². The number of ether oxygens (including phenoxy) is 2. The SMILES string of the molecule is COc1cc(C(=O)Nc2ccc(-c3ccc[nH]3)cc2)cc(OC)c1O. The summed E-state index contributed by atoms with van der Waals surface area (Å²) in [5, 5.41) is 12.7. The number of aromatic hydroxyl groups is 1. The number of H-pyrrole nitrogens is 1. The molecule has 1 amide bonds. The van der Waals surface area contributed by atoms with Crippen LogP contribution in [0.1, 0.15) is 10.4 Å². The van der Waals surface area contributed by atoms with E-state index < -0.39 is 0 Å². The van der Waals surface area contributed by atoms with Gasteiger partial charge in [-0.15, -0.1) is 0 Å². The molecule has 0 aliphatic rings. The van der Waals surface area contributed by atoms with Gasteiger partial charge in [0.2, 0.25) is 5.75 Å². The van der Waals surface area contributed by atoms with E-state index >= 15 is 0 Å². The zero-order valence-electron chi connectivity index (χ0n) is 13.9. The van der Waals surface area contributed by atoms with Crippen molar-refractivity contribution < 1.29 is 19.4 Å². The molecular weight excluding hydrogens is 320 g/mol. The van der Waals surface area contributed by atoms with E-state index in [2.05, 4.69) is 10.3 Å². The fourth-order valence-electron chi connectivity index (χ4n) is 2.47. The molecular formula is C19H18N2O4. The molecule has 25 heavy (non-hydrogen) atoms. The lowest BCUT2D eigenvalue weighted by Crippen LogP contribution is -2.12. The Bertz CT molecular complexity index is 846. The lowest BCUT2D eigenvalue weighted by molar-refractivity contribution is 0.102. The average molecular weight is 338 g/mol. The quantitative estimate of drug-likeness (QED) is 0.663. The number of rotatable bonds is 5. The topological polar surface area (TPSA) is 83.6 Å². The number of aromatic amines is 1. The number of nitrogens with one attached hydrogen (secondary N) is 2. The number of phenolic OH excluding ortho intramolecular Hbond substituents is 1. The Hall–Kier alpha value is -3.41. The number of phenols is 1. The minimum Gasteiger partial charge on any atom is -0.502 e. The van der Waals surface area contributed by atoms with Crippen molar-refractivity contribution in [3.63, 3.8) is 0 Å². The molecule has 0 saturated heterocycles. The monoisotopic (exact) mass is 338 g/mol. The van der Waals surface area contributed by atoms with Crippen LogP contribution in [0.4, 0.5) is 5.69 Å². The summed E-state index contributed by atoms with van der Waals surface area (Å²) in [4.78, 5) is 15.6. The van der Waals surface area contributed by atoms with Crippen LogP contribution in [0, 0.1) is 0 Å². The molecule has 1 heterocycles. The Morgan fingerprint density at radius 3 is 2.20 bits per heavy atom. The highest BCUT2D eigenvalue weighted by Crippen LogP contribution is 2.37. The van der Waals surface area contributed by atoms with Gasteiger partial charge in [-0.25, -0.2) is 0 Å². The van der Waals surface area contributed by atoms with Gasteiger partial charge >= 0.3 is 0 Å². The molecule has 3 aromatic rings. The fraction of sp³-hybridized carbons (Fsp3) is 0.105. The molecule has 0 atom stereocenters. The van der Waals surface area contributed by atoms with Crippen LogP contribution in [0.2, 0.25) is 0 Å². The minimum absolute atomic E-state index is 0.142. The van der Waals surface area contributed by atoms with Crippen molar-refractivity contribution >= 4 is 11.6 Å². The Labute approximate surface area is 145 Å². The molecule has 6 heteroatoms. The number of benzene rings is 2. The summed E-state index contributed by atoms with van der Waals surface area (Å²) in [6, 6.07) is 14.3. The summed E-state index contributed by atoms with van der Waals surface area (Å²) >= 11 is 0. The van der Waals surface area contributed by atoms with Crippen molar-refractivity contribution in [3.8, 4) is 28.5 Å². The van der Waals surface area contributed by atoms with Gasteiger partial charge in [-0.05, 0) is 42.0 Å². The summed E-state index contributed by atoms with van der Waals surface area (Å²) in [7, 11) is 2.82. The second-order valence-corrected chi connectivity index (χ2v) is 5.34. The summed E-state index contributed by atoms with van der Waals surface area (Å²) < 4.78 is 10.1. The number of methoxy groups -OCH3 is 2. The molecule has 0 bridgehead atoms. The molecule has 6 nitrogen and oxygen atoms in total. The summed E-state index contributed by atoms with van der Waals surface area (Å²) in [5.41, 5.74) is 3.01. The van der Waals surface area contributed by atoms with Crippen molar-refractivity contribution in [2.45, 2.75) is 0 Å². The first-order valence-corrected chi connectivity index (χ1v) is 7.62. The number of carbonyl (C=O) groups is 1. The molecule has 128 valence electrons. The van der Waals surface area contributed by atoms with E-state index in [9.17, 15) is 9.90 Å². The number of amides is 1. The normalized spacial score (nSPS) is 10.3. The predicted molar refractivity (Wildman–Crippen MR) is 95.4 cm³/mol. The molecule has 1 aromatic heterocycles. The third kappa shape index (κ3) is 3.42. The van der Waals surface area contributed by atoms with Crippen molar-refractivity contribution in [1.29, 1.82) is 0 Å². The van der Waals surface area contributed by atoms with Crippen LogP contribution in [0.3, 0.4) is 0 Å². The third-order valence-corrected chi connectivity index (χ3v) is 3.79. The third-order valence-electron chi connectivity index (χ3n) is 3.79. The van der Waals surface area contributed by atoms with Crippen molar-refractivity contribution in [3.05, 3.63) is 60.3 Å². The second-order valence-electron chi connectivity index (χ2n) is 5.34. The standard InChI is InChI=1S/C19H18N2O4/c1-24-16-10-13(11-17(25-2)18(16)22)19(23)21-14-7-5-12(6-8-14)15-4-3-9-20-15/h3-11,20,22H,1-2H3,(H,21,23). The first kappa shape index (κ1) is 16.4. The van der Waals surface area contributed by atoms with Crippen LogP contribution in [-0.4, -0.2) is 30.2 Å². The molecule has 0 spiro atoms. The number of anilines is 1. The summed E-state index contributed by atoms with van der Waals surface area (Å²) in [5.74, 6) is -0.126. The molecule has 0 saturated carbocycles. The molecule has 3 rings (SSSR count). The van der Waals surface area contributed by atoms with Crippen LogP contribution in [-0.2, 0) is 0 Å². The van der Waals surface area contributed by atoms with Crippen LogP contribution < -0.4 is 14.8 Å². The van der Waals surface area contributed by atoms with Crippen LogP contribution in [0.25, 0.3) is 11.3 Å². The predicted octanol–water partition coefficient (Wildman–Crippen LogP) is 3.66. The number of aromatic nitrogens is 1. The summed E-state index contributed by atoms with van der Waals surface area (Å²) in [6.45, 7) is 0. The largest absolute Gasteiger partial charge is 0.502 e. The highest BCUT2D eigenvalue weighted by Gasteiger charge is 2.15. The molecule has 0 fully saturated rings. The first-order chi connectivity index (χ1) is 12.1. The van der Waals surface area contributed by atoms with Gasteiger partial charge in [-0.1, -0.05) is 12.1 Å². The lowest BCUT2D eigenvalue weighted by Gasteiger charge is -2.11. The van der Waals surface area contributed by atoms with Gasteiger partial charge in [-0.3, -0.25) is 4.79 Å². The lowest BCUT2D eigenvalue weighted by atomic mass is 10.1. The molecule has 2 aromatic carbocycles. The average Bonchev–Trinajstić information content (AvgIpc) is 3.17. The Morgan fingerprint density at radius 1 is 1.04 bits per heavy atom. The maximum Gasteiger partial charge on any atom is 0.255 e. The second kappa shape index (κ2) is 7.00. The maximum absolute atomic E-state index is 12.5. The Balaban J connectivity index is 1.80. The first-order valence-electron chi connectivity index (χ1n) is 7.62. The van der Waals surface area contributed by atoms with Gasteiger partial charge in [0, 0.05) is 23.1 Å². The van der Waals surface area contributed by atoms with Crippen LogP contribution >= 0.6 is 0 Å². The highest BCUT2D eigenvalue weighted by atomic mass is 16.5. The van der Waals surface area contributed by atoms with Crippen molar-refractivity contribution in [1.82, 2.24) is 4.98 Å². The van der Waals surface area contributed by atoms with E-state index in [1.165, 1.54) is 26.4 Å². The van der Waals surface area contributed by atoms with E-state index in [0.717, 1.165) is 11.3 Å². The van der Waals surface area contributed by atoms with Gasteiger partial charge < -0.3 is 24.9 Å². The number of carbonyl (C=O) groups excluding carboxylic acids is 1. The van der Waals surface area contributed by atoms with E-state index in [1.807, 2.05) is 42.6 Å². The summed E-state index contributed by atoms with van der Waals surface area (Å²) in [6.07, 6.45) is 1.86. The molecule has 3 N–H and O–H groups in total. The molecule has 0 aliphatic heterocycles. The zero-order chi connectivity index (χ0) is 17.8. The van der Waals surface area contributed by atoms with Gasteiger partial charge in [0.05, 0.1) is 14.2 Å². The van der Waals surface area contributed by atoms with Gasteiger partial charge in [0.25, 0.3) is 5.91 Å². The van der Waals surface area contributed by atoms with Gasteiger partial charge in [0.15, 0.2) is 11.5 Å². The van der Waals surface area contributed by atoms with Crippen molar-refractivity contribution in [2.24, 2.45) is 0 Å². The van der Waals surface area contributed by atoms with E-state index in [-0.39, 0.29) is 23.2 Å². The Morgan fingerprint density at radius 2 is 1.68 bits per heavy atom. The van der Waals surface area contributed by atoms with E-state index in [0.29, 0.717) is 11.3 Å². The van der Waals surface area contributed by atoms with Crippen LogP contribution in [0.5, 0.6) is 17.2 Å². The minimum atomic E-state index is -0.329. The van der Waals surface area contributed by atoms with Gasteiger partial charge in [-0.2, -0.15) is 0 Å². The number of hydrogen-bond acceptors (Lipinski definition) is 4. The van der Waals surface area contributed by atoms with Crippen molar-refractivity contribution in [2.75, 3.05) is 19.5 Å².